The van der Waals surface area contributed by atoms with Crippen LogP contribution in [0.3, 0.4) is 0 Å². The Bertz CT molecular complexity index is 602. The number of urea groups is 1. The average molecular weight is 304 g/mol. The number of hydrogen-bond donors (Lipinski definition) is 2. The minimum atomic E-state index is -0.183. The number of likely N-dealkylation sites (N-methyl/N-ethyl adjacent to an activating group) is 1. The van der Waals surface area contributed by atoms with Crippen LogP contribution in [0.15, 0.2) is 34.9 Å². The highest BCUT2D eigenvalue weighted by Gasteiger charge is 2.17. The van der Waals surface area contributed by atoms with Gasteiger partial charge in [-0.3, -0.25) is 4.90 Å². The van der Waals surface area contributed by atoms with E-state index in [9.17, 15) is 4.79 Å². The van der Waals surface area contributed by atoms with Crippen molar-refractivity contribution in [1.82, 2.24) is 20.1 Å². The Morgan fingerprint density at radius 3 is 2.64 bits per heavy atom. The SMILES string of the molecule is Cc1ccc(CNC(=O)NCC(c2ccco2)N(C)C)n1C. The lowest BCUT2D eigenvalue weighted by Gasteiger charge is -2.22. The van der Waals surface area contributed by atoms with Crippen molar-refractivity contribution in [2.75, 3.05) is 20.6 Å². The second-order valence-electron chi connectivity index (χ2n) is 5.58. The molecule has 2 rings (SSSR count). The molecule has 0 bridgehead atoms. The molecule has 6 nitrogen and oxygen atoms in total. The van der Waals surface area contributed by atoms with Crippen LogP contribution in [0.1, 0.15) is 23.2 Å². The molecule has 0 saturated heterocycles. The molecule has 0 radical (unpaired) electrons. The van der Waals surface area contributed by atoms with Gasteiger partial charge in [-0.2, -0.15) is 0 Å². The number of amides is 2. The lowest BCUT2D eigenvalue weighted by Crippen LogP contribution is -2.40. The number of nitrogens with one attached hydrogen (secondary N) is 2. The molecule has 1 atom stereocenters. The number of furan rings is 1. The van der Waals surface area contributed by atoms with E-state index in [-0.39, 0.29) is 12.1 Å². The van der Waals surface area contributed by atoms with Crippen molar-refractivity contribution >= 4 is 6.03 Å². The first-order valence-electron chi connectivity index (χ1n) is 7.31. The van der Waals surface area contributed by atoms with Crippen LogP contribution in [-0.2, 0) is 13.6 Å². The first kappa shape index (κ1) is 16.2. The fourth-order valence-corrected chi connectivity index (χ4v) is 2.29. The Labute approximate surface area is 131 Å². The Morgan fingerprint density at radius 2 is 2.09 bits per heavy atom. The van der Waals surface area contributed by atoms with Crippen molar-refractivity contribution in [3.8, 4) is 0 Å². The molecule has 0 aliphatic heterocycles. The Kier molecular flexibility index (Phi) is 5.27. The summed E-state index contributed by atoms with van der Waals surface area (Å²) in [5.41, 5.74) is 2.24. The monoisotopic (exact) mass is 304 g/mol. The highest BCUT2D eigenvalue weighted by Crippen LogP contribution is 2.17. The number of aromatic nitrogens is 1. The zero-order valence-corrected chi connectivity index (χ0v) is 13.6. The van der Waals surface area contributed by atoms with Gasteiger partial charge in [0.25, 0.3) is 0 Å². The molecule has 6 heteroatoms. The van der Waals surface area contributed by atoms with Crippen molar-refractivity contribution in [3.05, 3.63) is 47.7 Å². The van der Waals surface area contributed by atoms with Crippen LogP contribution in [0.2, 0.25) is 0 Å². The van der Waals surface area contributed by atoms with Gasteiger partial charge in [0.1, 0.15) is 5.76 Å². The number of rotatable bonds is 6. The lowest BCUT2D eigenvalue weighted by molar-refractivity contribution is 0.225. The van der Waals surface area contributed by atoms with E-state index in [0.29, 0.717) is 13.1 Å². The Balaban J connectivity index is 1.83. The average Bonchev–Trinajstić information content (AvgIpc) is 3.09. The minimum Gasteiger partial charge on any atom is -0.468 e. The van der Waals surface area contributed by atoms with E-state index < -0.39 is 0 Å². The smallest absolute Gasteiger partial charge is 0.315 e. The zero-order valence-electron chi connectivity index (χ0n) is 13.6. The van der Waals surface area contributed by atoms with Gasteiger partial charge in [-0.15, -0.1) is 0 Å². The standard InChI is InChI=1S/C16H24N4O2/c1-12-7-8-13(20(12)4)10-17-16(21)18-11-14(19(2)3)15-6-5-9-22-15/h5-9,14H,10-11H2,1-4H3,(H2,17,18,21). The third-order valence-corrected chi connectivity index (χ3v) is 3.86. The summed E-state index contributed by atoms with van der Waals surface area (Å²) in [6.45, 7) is 3.02. The van der Waals surface area contributed by atoms with Gasteiger partial charge in [-0.1, -0.05) is 0 Å². The molecule has 1 unspecified atom stereocenters. The first-order chi connectivity index (χ1) is 10.5. The molecular formula is C16H24N4O2. The summed E-state index contributed by atoms with van der Waals surface area (Å²) in [4.78, 5) is 14.0. The maximum Gasteiger partial charge on any atom is 0.315 e. The van der Waals surface area contributed by atoms with Gasteiger partial charge in [0, 0.05) is 25.0 Å². The molecule has 120 valence electrons. The van der Waals surface area contributed by atoms with Crippen LogP contribution in [0.4, 0.5) is 4.79 Å². The van der Waals surface area contributed by atoms with Gasteiger partial charge in [0.2, 0.25) is 0 Å². The van der Waals surface area contributed by atoms with Crippen molar-refractivity contribution in [2.45, 2.75) is 19.5 Å². The largest absolute Gasteiger partial charge is 0.468 e. The van der Waals surface area contributed by atoms with Gasteiger partial charge in [0.05, 0.1) is 18.8 Å². The van der Waals surface area contributed by atoms with Crippen LogP contribution < -0.4 is 10.6 Å². The van der Waals surface area contributed by atoms with E-state index in [2.05, 4.69) is 15.2 Å². The summed E-state index contributed by atoms with van der Waals surface area (Å²) < 4.78 is 7.48. The number of hydrogen-bond acceptors (Lipinski definition) is 3. The molecule has 0 aliphatic carbocycles. The normalized spacial score (nSPS) is 12.4. The highest BCUT2D eigenvalue weighted by molar-refractivity contribution is 5.73. The predicted octanol–water partition coefficient (Wildman–Crippen LogP) is 2.03. The number of carbonyl (C=O) groups excluding carboxylic acids is 1. The van der Waals surface area contributed by atoms with Crippen LogP contribution >= 0.6 is 0 Å². The van der Waals surface area contributed by atoms with Crippen LogP contribution in [-0.4, -0.2) is 36.1 Å². The van der Waals surface area contributed by atoms with E-state index in [1.54, 1.807) is 6.26 Å². The van der Waals surface area contributed by atoms with E-state index in [4.69, 9.17) is 4.42 Å². The van der Waals surface area contributed by atoms with Gasteiger partial charge in [-0.05, 0) is 45.3 Å². The summed E-state index contributed by atoms with van der Waals surface area (Å²) in [5, 5.41) is 5.76. The molecule has 0 aromatic carbocycles. The van der Waals surface area contributed by atoms with Gasteiger partial charge in [0.15, 0.2) is 0 Å². The third kappa shape index (κ3) is 3.92. The molecule has 0 aliphatic rings. The molecule has 2 aromatic heterocycles. The topological polar surface area (TPSA) is 62.4 Å². The predicted molar refractivity (Wildman–Crippen MR) is 85.5 cm³/mol. The van der Waals surface area contributed by atoms with Crippen LogP contribution in [0.5, 0.6) is 0 Å². The molecule has 0 spiro atoms. The molecule has 2 heterocycles. The lowest BCUT2D eigenvalue weighted by atomic mass is 10.2. The fourth-order valence-electron chi connectivity index (χ4n) is 2.29. The van der Waals surface area contributed by atoms with E-state index in [1.807, 2.05) is 57.2 Å². The zero-order chi connectivity index (χ0) is 16.1. The molecule has 22 heavy (non-hydrogen) atoms. The van der Waals surface area contributed by atoms with Crippen LogP contribution in [0, 0.1) is 6.92 Å². The molecule has 2 N–H and O–H groups in total. The number of nitrogens with zero attached hydrogens (tertiary/aromatic N) is 2. The van der Waals surface area contributed by atoms with Crippen molar-refractivity contribution in [2.24, 2.45) is 7.05 Å². The second-order valence-corrected chi connectivity index (χ2v) is 5.58. The number of carbonyl (C=O) groups is 1. The molecule has 0 fully saturated rings. The quantitative estimate of drug-likeness (QED) is 0.858. The Morgan fingerprint density at radius 1 is 1.32 bits per heavy atom. The first-order valence-corrected chi connectivity index (χ1v) is 7.31. The highest BCUT2D eigenvalue weighted by atomic mass is 16.3. The van der Waals surface area contributed by atoms with Crippen LogP contribution in [0.25, 0.3) is 0 Å². The summed E-state index contributed by atoms with van der Waals surface area (Å²) in [6, 6.07) is 7.64. The molecule has 2 amide bonds. The van der Waals surface area contributed by atoms with Gasteiger partial charge >= 0.3 is 6.03 Å². The van der Waals surface area contributed by atoms with Gasteiger partial charge in [-0.25, -0.2) is 4.79 Å². The molecule has 0 saturated carbocycles. The van der Waals surface area contributed by atoms with E-state index in [0.717, 1.165) is 11.5 Å². The summed E-state index contributed by atoms with van der Waals surface area (Å²) in [6.07, 6.45) is 1.64. The number of aryl methyl sites for hydroxylation is 1. The summed E-state index contributed by atoms with van der Waals surface area (Å²) >= 11 is 0. The van der Waals surface area contributed by atoms with Crippen molar-refractivity contribution in [3.63, 3.8) is 0 Å². The minimum absolute atomic E-state index is 0.0121. The maximum absolute atomic E-state index is 12.0. The summed E-state index contributed by atoms with van der Waals surface area (Å²) in [7, 11) is 5.91. The van der Waals surface area contributed by atoms with Crippen molar-refractivity contribution < 1.29 is 9.21 Å². The second kappa shape index (κ2) is 7.17. The third-order valence-electron chi connectivity index (χ3n) is 3.86. The summed E-state index contributed by atoms with van der Waals surface area (Å²) in [5.74, 6) is 0.836. The maximum atomic E-state index is 12.0. The van der Waals surface area contributed by atoms with E-state index in [1.165, 1.54) is 5.69 Å². The fraction of sp³-hybridized carbons (Fsp3) is 0.438. The van der Waals surface area contributed by atoms with E-state index >= 15 is 0 Å². The van der Waals surface area contributed by atoms with Crippen molar-refractivity contribution in [1.29, 1.82) is 0 Å². The Hall–Kier alpha value is -2.21. The molecule has 2 aromatic rings. The van der Waals surface area contributed by atoms with Gasteiger partial charge < -0.3 is 19.6 Å². The molecular weight excluding hydrogens is 280 g/mol.